The molecule has 6 nitrogen and oxygen atoms in total. The molecule has 8 heteroatoms. The van der Waals surface area contributed by atoms with Gasteiger partial charge in [-0.25, -0.2) is 0 Å². The van der Waals surface area contributed by atoms with Gasteiger partial charge in [0.2, 0.25) is 11.8 Å². The molecule has 1 aliphatic heterocycles. The zero-order valence-corrected chi connectivity index (χ0v) is 18.8. The molecule has 3 rings (SSSR count). The van der Waals surface area contributed by atoms with E-state index in [1.807, 2.05) is 30.3 Å². The van der Waals surface area contributed by atoms with Gasteiger partial charge in [0.25, 0.3) is 0 Å². The molecule has 0 saturated carbocycles. The number of hydrogen-bond donors (Lipinski definition) is 2. The topological polar surface area (TPSA) is 70.7 Å². The zero-order valence-electron chi connectivity index (χ0n) is 16.4. The van der Waals surface area contributed by atoms with Crippen LogP contribution in [0.2, 0.25) is 0 Å². The van der Waals surface area contributed by atoms with Crippen LogP contribution in [0.3, 0.4) is 0 Å². The van der Waals surface area contributed by atoms with E-state index in [1.54, 1.807) is 11.3 Å². The van der Waals surface area contributed by atoms with Gasteiger partial charge in [-0.15, -0.1) is 11.3 Å². The summed E-state index contributed by atoms with van der Waals surface area (Å²) < 4.78 is 6.43. The Hall–Kier alpha value is -1.74. The molecular formula is C21H26BrN3O3S. The fourth-order valence-corrected chi connectivity index (χ4v) is 4.57. The number of ether oxygens (including phenoxy) is 1. The van der Waals surface area contributed by atoms with Crippen LogP contribution in [0.5, 0.6) is 0 Å². The van der Waals surface area contributed by atoms with Gasteiger partial charge in [-0.3, -0.25) is 14.5 Å². The van der Waals surface area contributed by atoms with Crippen molar-refractivity contribution < 1.29 is 14.3 Å². The maximum absolute atomic E-state index is 12.7. The third-order valence-electron chi connectivity index (χ3n) is 4.89. The highest BCUT2D eigenvalue weighted by atomic mass is 79.9. The number of hydrogen-bond acceptors (Lipinski definition) is 5. The summed E-state index contributed by atoms with van der Waals surface area (Å²) in [6, 6.07) is 11.6. The number of carbonyl (C=O) groups excluding carboxylic acids is 2. The fraction of sp³-hybridized carbons (Fsp3) is 0.429. The summed E-state index contributed by atoms with van der Waals surface area (Å²) in [7, 11) is 0. The molecule has 156 valence electrons. The molecule has 2 heterocycles. The summed E-state index contributed by atoms with van der Waals surface area (Å²) in [5.74, 6) is -0.239. The van der Waals surface area contributed by atoms with Gasteiger partial charge in [-0.1, -0.05) is 34.1 Å². The first kappa shape index (κ1) is 22.0. The molecule has 0 spiro atoms. The van der Waals surface area contributed by atoms with Crippen LogP contribution in [0, 0.1) is 0 Å². The third-order valence-corrected chi connectivity index (χ3v) is 6.39. The van der Waals surface area contributed by atoms with Crippen LogP contribution >= 0.6 is 27.3 Å². The molecule has 2 amide bonds. The smallest absolute Gasteiger partial charge is 0.222 e. The summed E-state index contributed by atoms with van der Waals surface area (Å²) in [5.41, 5.74) is 0.904. The molecule has 1 aromatic carbocycles. The largest absolute Gasteiger partial charge is 0.379 e. The minimum Gasteiger partial charge on any atom is -0.379 e. The first-order valence-corrected chi connectivity index (χ1v) is 11.3. The van der Waals surface area contributed by atoms with Crippen LogP contribution in [0.4, 0.5) is 0 Å². The van der Waals surface area contributed by atoms with Crippen molar-refractivity contribution in [3.8, 4) is 0 Å². The first-order chi connectivity index (χ1) is 14.0. The van der Waals surface area contributed by atoms with Gasteiger partial charge < -0.3 is 15.4 Å². The molecular weight excluding hydrogens is 454 g/mol. The average Bonchev–Trinajstić information content (AvgIpc) is 3.23. The molecule has 2 atom stereocenters. The summed E-state index contributed by atoms with van der Waals surface area (Å²) in [5, 5.41) is 8.02. The van der Waals surface area contributed by atoms with E-state index in [-0.39, 0.29) is 30.3 Å². The van der Waals surface area contributed by atoms with Crippen LogP contribution in [-0.4, -0.2) is 49.6 Å². The van der Waals surface area contributed by atoms with Crippen LogP contribution in [-0.2, 0) is 14.3 Å². The van der Waals surface area contributed by atoms with Crippen molar-refractivity contribution in [3.05, 3.63) is 56.7 Å². The van der Waals surface area contributed by atoms with E-state index in [9.17, 15) is 9.59 Å². The highest BCUT2D eigenvalue weighted by molar-refractivity contribution is 9.10. The standard InChI is InChI=1S/C21H26BrN3O3S/c1-15(26)24-18(16-4-6-17(22)7-5-16)13-21(27)23-14-19(20-3-2-12-29-20)25-8-10-28-11-9-25/h2-7,12,18-19H,8-11,13-14H2,1H3,(H,23,27)(H,24,26). The number of nitrogens with zero attached hydrogens (tertiary/aromatic N) is 1. The third kappa shape index (κ3) is 6.64. The quantitative estimate of drug-likeness (QED) is 0.609. The number of benzene rings is 1. The Balaban J connectivity index is 1.63. The van der Waals surface area contributed by atoms with Gasteiger partial charge in [-0.05, 0) is 29.1 Å². The highest BCUT2D eigenvalue weighted by Crippen LogP contribution is 2.26. The average molecular weight is 480 g/mol. The predicted molar refractivity (Wildman–Crippen MR) is 118 cm³/mol. The second-order valence-electron chi connectivity index (χ2n) is 6.99. The Labute approximate surface area is 183 Å². The lowest BCUT2D eigenvalue weighted by molar-refractivity contribution is -0.123. The SMILES string of the molecule is CC(=O)NC(CC(=O)NCC(c1cccs1)N1CCOCC1)c1ccc(Br)cc1. The molecule has 0 aliphatic carbocycles. The molecule has 2 unspecified atom stereocenters. The van der Waals surface area contributed by atoms with E-state index in [0.29, 0.717) is 19.8 Å². The zero-order chi connectivity index (χ0) is 20.6. The molecule has 1 saturated heterocycles. The van der Waals surface area contributed by atoms with E-state index in [0.717, 1.165) is 23.1 Å². The number of nitrogens with one attached hydrogen (secondary N) is 2. The lowest BCUT2D eigenvalue weighted by atomic mass is 10.0. The van der Waals surface area contributed by atoms with E-state index in [2.05, 4.69) is 42.9 Å². The lowest BCUT2D eigenvalue weighted by Gasteiger charge is -2.34. The van der Waals surface area contributed by atoms with E-state index in [1.165, 1.54) is 11.8 Å². The maximum Gasteiger partial charge on any atom is 0.222 e. The summed E-state index contributed by atoms with van der Waals surface area (Å²) in [6.07, 6.45) is 0.196. The molecule has 0 bridgehead atoms. The summed E-state index contributed by atoms with van der Waals surface area (Å²) >= 11 is 5.12. The minimum atomic E-state index is -0.357. The number of morpholine rings is 1. The van der Waals surface area contributed by atoms with Crippen molar-refractivity contribution in [2.45, 2.75) is 25.4 Å². The van der Waals surface area contributed by atoms with Crippen LogP contribution in [0.25, 0.3) is 0 Å². The number of carbonyl (C=O) groups is 2. The first-order valence-electron chi connectivity index (χ1n) is 9.67. The molecule has 1 aliphatic rings. The number of rotatable bonds is 8. The fourth-order valence-electron chi connectivity index (χ4n) is 3.44. The highest BCUT2D eigenvalue weighted by Gasteiger charge is 2.25. The second kappa shape index (κ2) is 10.9. The number of thiophene rings is 1. The Morgan fingerprint density at radius 2 is 1.93 bits per heavy atom. The second-order valence-corrected chi connectivity index (χ2v) is 8.89. The number of halogens is 1. The molecule has 1 aromatic heterocycles. The lowest BCUT2D eigenvalue weighted by Crippen LogP contribution is -2.44. The van der Waals surface area contributed by atoms with Gasteiger partial charge in [0.05, 0.1) is 31.7 Å². The van der Waals surface area contributed by atoms with Crippen molar-refractivity contribution in [2.75, 3.05) is 32.8 Å². The van der Waals surface area contributed by atoms with Crippen molar-refractivity contribution in [1.82, 2.24) is 15.5 Å². The van der Waals surface area contributed by atoms with E-state index in [4.69, 9.17) is 4.74 Å². The maximum atomic E-state index is 12.7. The Morgan fingerprint density at radius 3 is 2.55 bits per heavy atom. The van der Waals surface area contributed by atoms with Crippen molar-refractivity contribution in [3.63, 3.8) is 0 Å². The van der Waals surface area contributed by atoms with Gasteiger partial charge in [-0.2, -0.15) is 0 Å². The molecule has 1 fully saturated rings. The van der Waals surface area contributed by atoms with Gasteiger partial charge in [0.1, 0.15) is 0 Å². The Kier molecular flexibility index (Phi) is 8.23. The molecule has 0 radical (unpaired) electrons. The number of amides is 2. The van der Waals surface area contributed by atoms with Crippen molar-refractivity contribution >= 4 is 39.1 Å². The van der Waals surface area contributed by atoms with Gasteiger partial charge in [0.15, 0.2) is 0 Å². The minimum absolute atomic E-state index is 0.0820. The molecule has 2 aromatic rings. The molecule has 2 N–H and O–H groups in total. The van der Waals surface area contributed by atoms with Gasteiger partial charge >= 0.3 is 0 Å². The Morgan fingerprint density at radius 1 is 1.21 bits per heavy atom. The van der Waals surface area contributed by atoms with Crippen molar-refractivity contribution in [1.29, 1.82) is 0 Å². The van der Waals surface area contributed by atoms with E-state index < -0.39 is 0 Å². The predicted octanol–water partition coefficient (Wildman–Crippen LogP) is 3.27. The molecule has 29 heavy (non-hydrogen) atoms. The van der Waals surface area contributed by atoms with Crippen LogP contribution < -0.4 is 10.6 Å². The van der Waals surface area contributed by atoms with Gasteiger partial charge in [0, 0.05) is 35.9 Å². The normalized spacial score (nSPS) is 16.8. The Bertz CT molecular complexity index is 792. The summed E-state index contributed by atoms with van der Waals surface area (Å²) in [6.45, 7) is 5.13. The monoisotopic (exact) mass is 479 g/mol. The van der Waals surface area contributed by atoms with E-state index >= 15 is 0 Å². The van der Waals surface area contributed by atoms with Crippen LogP contribution in [0.15, 0.2) is 46.3 Å². The van der Waals surface area contributed by atoms with Crippen LogP contribution in [0.1, 0.15) is 35.9 Å². The van der Waals surface area contributed by atoms with Crippen molar-refractivity contribution in [2.24, 2.45) is 0 Å². The summed E-state index contributed by atoms with van der Waals surface area (Å²) in [4.78, 5) is 27.9.